The molecular weight excluding hydrogens is 491 g/mol. The van der Waals surface area contributed by atoms with Crippen LogP contribution in [0.15, 0.2) is 108 Å². The van der Waals surface area contributed by atoms with Crippen LogP contribution in [0.4, 0.5) is 15.8 Å². The molecule has 35 heavy (non-hydrogen) atoms. The molecule has 0 saturated heterocycles. The van der Waals surface area contributed by atoms with Crippen molar-refractivity contribution in [1.82, 2.24) is 0 Å². The second-order valence-corrected chi connectivity index (χ2v) is 9.68. The molecule has 0 saturated carbocycles. The fourth-order valence-corrected chi connectivity index (χ4v) is 4.85. The quantitative estimate of drug-likeness (QED) is 0.310. The first-order valence-electron chi connectivity index (χ1n) is 10.5. The van der Waals surface area contributed by atoms with Crippen molar-refractivity contribution >= 4 is 38.9 Å². The number of carbonyl (C=O) groups is 1. The number of para-hydroxylation sites is 1. The highest BCUT2D eigenvalue weighted by Gasteiger charge is 2.27. The summed E-state index contributed by atoms with van der Waals surface area (Å²) < 4.78 is 47.0. The van der Waals surface area contributed by atoms with Gasteiger partial charge in [-0.1, -0.05) is 48.0 Å². The van der Waals surface area contributed by atoms with Gasteiger partial charge in [0.25, 0.3) is 10.0 Å². The minimum atomic E-state index is -4.14. The Morgan fingerprint density at radius 2 is 1.46 bits per heavy atom. The van der Waals surface area contributed by atoms with Gasteiger partial charge in [0.05, 0.1) is 15.6 Å². The summed E-state index contributed by atoms with van der Waals surface area (Å²) in [7, 11) is -4.14. The molecule has 178 valence electrons. The van der Waals surface area contributed by atoms with Gasteiger partial charge in [0, 0.05) is 5.69 Å². The van der Waals surface area contributed by atoms with Crippen molar-refractivity contribution in [3.8, 4) is 11.5 Å². The standard InChI is InChI=1S/C26H20ClFN2O4S/c27-24-17-20(13-16-25(24)28)30(35(32,33)23-9-5-2-6-10-23)18-26(31)29-19-11-14-22(15-12-19)34-21-7-3-1-4-8-21/h1-17H,18H2,(H,29,31). The fourth-order valence-electron chi connectivity index (χ4n) is 3.24. The van der Waals surface area contributed by atoms with Gasteiger partial charge in [0.15, 0.2) is 0 Å². The molecule has 0 atom stereocenters. The number of ether oxygens (including phenoxy) is 1. The Balaban J connectivity index is 1.54. The van der Waals surface area contributed by atoms with Crippen molar-refractivity contribution < 1.29 is 22.3 Å². The number of sulfonamides is 1. The molecular formula is C26H20ClFN2O4S. The lowest BCUT2D eigenvalue weighted by molar-refractivity contribution is -0.114. The fraction of sp³-hybridized carbons (Fsp3) is 0.0385. The minimum Gasteiger partial charge on any atom is -0.457 e. The van der Waals surface area contributed by atoms with Gasteiger partial charge in [-0.15, -0.1) is 0 Å². The Morgan fingerprint density at radius 3 is 2.09 bits per heavy atom. The van der Waals surface area contributed by atoms with Crippen LogP contribution in [0.1, 0.15) is 0 Å². The Kier molecular flexibility index (Phi) is 7.33. The maximum atomic E-state index is 13.7. The maximum absolute atomic E-state index is 13.7. The van der Waals surface area contributed by atoms with Crippen LogP contribution in [-0.2, 0) is 14.8 Å². The largest absolute Gasteiger partial charge is 0.457 e. The van der Waals surface area contributed by atoms with Gasteiger partial charge < -0.3 is 10.1 Å². The minimum absolute atomic E-state index is 0.0179. The first-order valence-corrected chi connectivity index (χ1v) is 12.3. The Bertz CT molecular complexity index is 1420. The normalized spacial score (nSPS) is 11.0. The summed E-state index contributed by atoms with van der Waals surface area (Å²) in [5.74, 6) is -0.0520. The monoisotopic (exact) mass is 510 g/mol. The summed E-state index contributed by atoms with van der Waals surface area (Å²) in [6.45, 7) is -0.554. The molecule has 0 bridgehead atoms. The highest BCUT2D eigenvalue weighted by Crippen LogP contribution is 2.28. The molecule has 0 aliphatic heterocycles. The van der Waals surface area contributed by atoms with Gasteiger partial charge in [-0.05, 0) is 66.7 Å². The molecule has 0 heterocycles. The SMILES string of the molecule is O=C(CN(c1ccc(F)c(Cl)c1)S(=O)(=O)c1ccccc1)Nc1ccc(Oc2ccccc2)cc1. The van der Waals surface area contributed by atoms with Crippen LogP contribution in [0.3, 0.4) is 0 Å². The Morgan fingerprint density at radius 1 is 0.857 bits per heavy atom. The van der Waals surface area contributed by atoms with Gasteiger partial charge in [0.2, 0.25) is 5.91 Å². The lowest BCUT2D eigenvalue weighted by atomic mass is 10.3. The summed E-state index contributed by atoms with van der Waals surface area (Å²) in [6, 6.07) is 27.0. The van der Waals surface area contributed by atoms with Gasteiger partial charge >= 0.3 is 0 Å². The molecule has 0 fully saturated rings. The molecule has 4 aromatic carbocycles. The van der Waals surface area contributed by atoms with E-state index in [1.807, 2.05) is 30.3 Å². The molecule has 0 aliphatic carbocycles. The molecule has 1 N–H and O–H groups in total. The first-order chi connectivity index (χ1) is 16.8. The number of nitrogens with one attached hydrogen (secondary N) is 1. The van der Waals surface area contributed by atoms with E-state index in [1.165, 1.54) is 24.3 Å². The molecule has 1 amide bonds. The molecule has 9 heteroatoms. The van der Waals surface area contributed by atoms with Crippen molar-refractivity contribution in [3.63, 3.8) is 0 Å². The number of carbonyl (C=O) groups excluding carboxylic acids is 1. The van der Waals surface area contributed by atoms with Crippen LogP contribution in [0.2, 0.25) is 5.02 Å². The van der Waals surface area contributed by atoms with Gasteiger partial charge in [-0.3, -0.25) is 9.10 Å². The molecule has 4 rings (SSSR count). The van der Waals surface area contributed by atoms with Crippen LogP contribution in [0, 0.1) is 5.82 Å². The third kappa shape index (κ3) is 5.98. The number of amides is 1. The molecule has 0 radical (unpaired) electrons. The van der Waals surface area contributed by atoms with Crippen molar-refractivity contribution in [2.75, 3.05) is 16.2 Å². The average Bonchev–Trinajstić information content (AvgIpc) is 2.87. The summed E-state index contributed by atoms with van der Waals surface area (Å²) in [5, 5.41) is 2.42. The van der Waals surface area contributed by atoms with E-state index < -0.39 is 28.3 Å². The van der Waals surface area contributed by atoms with Crippen molar-refractivity contribution in [1.29, 1.82) is 0 Å². The van der Waals surface area contributed by atoms with E-state index in [0.717, 1.165) is 10.4 Å². The maximum Gasteiger partial charge on any atom is 0.264 e. The molecule has 0 spiro atoms. The topological polar surface area (TPSA) is 75.7 Å². The van der Waals surface area contributed by atoms with E-state index in [4.69, 9.17) is 16.3 Å². The van der Waals surface area contributed by atoms with Crippen LogP contribution >= 0.6 is 11.6 Å². The zero-order valence-corrected chi connectivity index (χ0v) is 19.8. The molecule has 4 aromatic rings. The number of benzene rings is 4. The second-order valence-electron chi connectivity index (χ2n) is 7.41. The van der Waals surface area contributed by atoms with Crippen LogP contribution in [0.5, 0.6) is 11.5 Å². The smallest absolute Gasteiger partial charge is 0.264 e. The number of hydrogen-bond donors (Lipinski definition) is 1. The summed E-state index contributed by atoms with van der Waals surface area (Å²) in [5.41, 5.74) is 0.506. The number of rotatable bonds is 8. The molecule has 0 unspecified atom stereocenters. The Hall–Kier alpha value is -3.88. The predicted molar refractivity (Wildman–Crippen MR) is 134 cm³/mol. The molecule has 6 nitrogen and oxygen atoms in total. The van der Waals surface area contributed by atoms with E-state index in [9.17, 15) is 17.6 Å². The predicted octanol–water partition coefficient (Wildman–Crippen LogP) is 6.11. The zero-order chi connectivity index (χ0) is 24.8. The van der Waals surface area contributed by atoms with E-state index in [0.29, 0.717) is 17.2 Å². The molecule has 0 aliphatic rings. The zero-order valence-electron chi connectivity index (χ0n) is 18.3. The van der Waals surface area contributed by atoms with Crippen LogP contribution in [-0.4, -0.2) is 20.9 Å². The lowest BCUT2D eigenvalue weighted by Gasteiger charge is -2.24. The lowest BCUT2D eigenvalue weighted by Crippen LogP contribution is -2.38. The van der Waals surface area contributed by atoms with E-state index in [1.54, 1.807) is 42.5 Å². The van der Waals surface area contributed by atoms with Crippen molar-refractivity contribution in [3.05, 3.63) is 114 Å². The highest BCUT2D eigenvalue weighted by atomic mass is 35.5. The van der Waals surface area contributed by atoms with Crippen molar-refractivity contribution in [2.24, 2.45) is 0 Å². The average molecular weight is 511 g/mol. The number of nitrogens with zero attached hydrogens (tertiary/aromatic N) is 1. The van der Waals surface area contributed by atoms with Crippen LogP contribution in [0.25, 0.3) is 0 Å². The van der Waals surface area contributed by atoms with Gasteiger partial charge in [-0.2, -0.15) is 0 Å². The number of anilines is 2. The third-order valence-corrected chi connectivity index (χ3v) is 7.00. The number of halogens is 2. The van der Waals surface area contributed by atoms with Gasteiger partial charge in [0.1, 0.15) is 23.9 Å². The summed E-state index contributed by atoms with van der Waals surface area (Å²) >= 11 is 5.88. The third-order valence-electron chi connectivity index (χ3n) is 4.93. The highest BCUT2D eigenvalue weighted by molar-refractivity contribution is 7.92. The number of hydrogen-bond acceptors (Lipinski definition) is 4. The summed E-state index contributed by atoms with van der Waals surface area (Å²) in [4.78, 5) is 12.8. The Labute approximate surface area is 207 Å². The molecule has 0 aromatic heterocycles. The van der Waals surface area contributed by atoms with Crippen LogP contribution < -0.4 is 14.4 Å². The summed E-state index contributed by atoms with van der Waals surface area (Å²) in [6.07, 6.45) is 0. The van der Waals surface area contributed by atoms with Gasteiger partial charge in [-0.25, -0.2) is 12.8 Å². The first kappa shape index (κ1) is 24.3. The second kappa shape index (κ2) is 10.6. The van der Waals surface area contributed by atoms with E-state index >= 15 is 0 Å². The van der Waals surface area contributed by atoms with E-state index in [-0.39, 0.29) is 15.6 Å². The van der Waals surface area contributed by atoms with Crippen molar-refractivity contribution in [2.45, 2.75) is 4.90 Å². The van der Waals surface area contributed by atoms with E-state index in [2.05, 4.69) is 5.32 Å².